The van der Waals surface area contributed by atoms with Gasteiger partial charge in [-0.3, -0.25) is 14.3 Å². The van der Waals surface area contributed by atoms with E-state index in [-0.39, 0.29) is 24.2 Å². The van der Waals surface area contributed by atoms with Crippen molar-refractivity contribution in [3.8, 4) is 0 Å². The van der Waals surface area contributed by atoms with Gasteiger partial charge in [-0.25, -0.2) is 0 Å². The van der Waals surface area contributed by atoms with Crippen LogP contribution in [0.5, 0.6) is 0 Å². The summed E-state index contributed by atoms with van der Waals surface area (Å²) in [6, 6.07) is 0. The number of carbonyl (C=O) groups is 2. The van der Waals surface area contributed by atoms with E-state index in [0.717, 1.165) is 5.69 Å². The highest BCUT2D eigenvalue weighted by Crippen LogP contribution is 2.23. The normalized spacial score (nSPS) is 17.9. The number of halogens is 1. The molecule has 0 aromatic carbocycles. The third-order valence-corrected chi connectivity index (χ3v) is 3.72. The van der Waals surface area contributed by atoms with Crippen molar-refractivity contribution < 1.29 is 14.7 Å². The summed E-state index contributed by atoms with van der Waals surface area (Å²) in [5, 5.41) is 13.4. The maximum Gasteiger partial charge on any atom is 0.308 e. The van der Waals surface area contributed by atoms with Crippen LogP contribution in [0.2, 0.25) is 0 Å². The van der Waals surface area contributed by atoms with E-state index in [0.29, 0.717) is 31.6 Å². The maximum atomic E-state index is 12.5. The molecule has 0 bridgehead atoms. The van der Waals surface area contributed by atoms with Crippen molar-refractivity contribution in [1.29, 1.82) is 0 Å². The van der Waals surface area contributed by atoms with Crippen molar-refractivity contribution in [3.05, 3.63) is 17.5 Å². The first-order valence-corrected chi connectivity index (χ1v) is 7.03. The zero-order chi connectivity index (χ0) is 14.9. The van der Waals surface area contributed by atoms with Crippen LogP contribution in [0.15, 0.2) is 6.20 Å². The Hall–Kier alpha value is -1.56. The average molecular weight is 316 g/mol. The lowest BCUT2D eigenvalue weighted by molar-refractivity contribution is -0.141. The molecule has 0 aliphatic carbocycles. The fourth-order valence-corrected chi connectivity index (χ4v) is 2.51. The molecule has 1 aliphatic heterocycles. The number of rotatable bonds is 4. The van der Waals surface area contributed by atoms with E-state index in [9.17, 15) is 9.59 Å². The van der Waals surface area contributed by atoms with E-state index in [1.807, 2.05) is 20.8 Å². The molecule has 2 rings (SSSR count). The van der Waals surface area contributed by atoms with Crippen LogP contribution in [0.3, 0.4) is 0 Å². The fraction of sp³-hybridized carbons (Fsp3) is 0.643. The molecule has 21 heavy (non-hydrogen) atoms. The molecular weight excluding hydrogens is 294 g/mol. The predicted octanol–water partition coefficient (Wildman–Crippen LogP) is 1.99. The second-order valence-corrected chi connectivity index (χ2v) is 5.51. The summed E-state index contributed by atoms with van der Waals surface area (Å²) in [5.41, 5.74) is 1.39. The Balaban J connectivity index is 0.00000220. The highest BCUT2D eigenvalue weighted by atomic mass is 35.5. The second-order valence-electron chi connectivity index (χ2n) is 5.51. The summed E-state index contributed by atoms with van der Waals surface area (Å²) < 4.78 is 1.76. The molecule has 1 aromatic rings. The number of carboxylic acids is 1. The standard InChI is InChI=1S/C14H21N3O3.ClH/c1-4-17-8-11(12(15-17)9(2)3)13(18)16-6-5-10(7-16)14(19)20;/h8-10H,4-7H2,1-3H3,(H,19,20);1H. The van der Waals surface area contributed by atoms with Gasteiger partial charge in [-0.1, -0.05) is 13.8 Å². The van der Waals surface area contributed by atoms with E-state index in [1.54, 1.807) is 15.8 Å². The Morgan fingerprint density at radius 2 is 2.14 bits per heavy atom. The summed E-state index contributed by atoms with van der Waals surface area (Å²) in [4.78, 5) is 25.2. The molecule has 1 atom stereocenters. The molecular formula is C14H22ClN3O3. The molecule has 7 heteroatoms. The highest BCUT2D eigenvalue weighted by molar-refractivity contribution is 5.95. The number of nitrogens with zero attached hydrogens (tertiary/aromatic N) is 3. The van der Waals surface area contributed by atoms with Gasteiger partial charge in [-0.15, -0.1) is 12.4 Å². The van der Waals surface area contributed by atoms with E-state index < -0.39 is 11.9 Å². The Bertz CT molecular complexity index is 528. The topological polar surface area (TPSA) is 75.4 Å². The molecule has 1 aliphatic rings. The first-order valence-electron chi connectivity index (χ1n) is 7.03. The number of carbonyl (C=O) groups excluding carboxylic acids is 1. The number of carboxylic acid groups (broad SMARTS) is 1. The number of likely N-dealkylation sites (tertiary alicyclic amines) is 1. The minimum atomic E-state index is -0.825. The van der Waals surface area contributed by atoms with Crippen molar-refractivity contribution in [2.75, 3.05) is 13.1 Å². The Morgan fingerprint density at radius 1 is 1.48 bits per heavy atom. The second kappa shape index (κ2) is 6.93. The van der Waals surface area contributed by atoms with Gasteiger partial charge in [-0.2, -0.15) is 5.10 Å². The molecule has 1 aromatic heterocycles. The van der Waals surface area contributed by atoms with E-state index >= 15 is 0 Å². The highest BCUT2D eigenvalue weighted by Gasteiger charge is 2.33. The van der Waals surface area contributed by atoms with Crippen molar-refractivity contribution in [2.45, 2.75) is 39.7 Å². The summed E-state index contributed by atoms with van der Waals surface area (Å²) in [5.74, 6) is -1.20. The van der Waals surface area contributed by atoms with Crippen LogP contribution in [0.4, 0.5) is 0 Å². The van der Waals surface area contributed by atoms with Crippen molar-refractivity contribution >= 4 is 24.3 Å². The van der Waals surface area contributed by atoms with Crippen LogP contribution in [0.25, 0.3) is 0 Å². The molecule has 0 saturated carbocycles. The molecule has 2 heterocycles. The maximum absolute atomic E-state index is 12.5. The van der Waals surface area contributed by atoms with Gasteiger partial charge in [0, 0.05) is 25.8 Å². The Kier molecular flexibility index (Phi) is 5.78. The van der Waals surface area contributed by atoms with E-state index in [2.05, 4.69) is 5.10 Å². The van der Waals surface area contributed by atoms with Crippen LogP contribution in [0, 0.1) is 5.92 Å². The first-order chi connectivity index (χ1) is 9.43. The quantitative estimate of drug-likeness (QED) is 0.922. The SMILES string of the molecule is CCn1cc(C(=O)N2CCC(C(=O)O)C2)c(C(C)C)n1.Cl. The third kappa shape index (κ3) is 3.56. The number of hydrogen-bond donors (Lipinski definition) is 1. The average Bonchev–Trinajstić information content (AvgIpc) is 3.04. The smallest absolute Gasteiger partial charge is 0.308 e. The minimum absolute atomic E-state index is 0. The van der Waals surface area contributed by atoms with E-state index in [4.69, 9.17) is 5.11 Å². The molecule has 1 fully saturated rings. The molecule has 1 amide bonds. The number of aromatic nitrogens is 2. The molecule has 6 nitrogen and oxygen atoms in total. The van der Waals surface area contributed by atoms with E-state index in [1.165, 1.54) is 0 Å². The number of hydrogen-bond acceptors (Lipinski definition) is 3. The zero-order valence-electron chi connectivity index (χ0n) is 12.6. The third-order valence-electron chi connectivity index (χ3n) is 3.72. The summed E-state index contributed by atoms with van der Waals surface area (Å²) in [7, 11) is 0. The van der Waals surface area contributed by atoms with Gasteiger partial charge in [0.05, 0.1) is 17.2 Å². The van der Waals surface area contributed by atoms with Crippen LogP contribution >= 0.6 is 12.4 Å². The van der Waals surface area contributed by atoms with Crippen molar-refractivity contribution in [1.82, 2.24) is 14.7 Å². The van der Waals surface area contributed by atoms with Crippen molar-refractivity contribution in [2.24, 2.45) is 5.92 Å². The van der Waals surface area contributed by atoms with Crippen molar-refractivity contribution in [3.63, 3.8) is 0 Å². The lowest BCUT2D eigenvalue weighted by Gasteiger charge is -2.16. The van der Waals surface area contributed by atoms with Gasteiger partial charge >= 0.3 is 5.97 Å². The lowest BCUT2D eigenvalue weighted by Crippen LogP contribution is -2.30. The lowest BCUT2D eigenvalue weighted by atomic mass is 10.1. The molecule has 0 radical (unpaired) electrons. The molecule has 1 N–H and O–H groups in total. The number of amides is 1. The van der Waals surface area contributed by atoms with Crippen LogP contribution in [0.1, 0.15) is 49.2 Å². The zero-order valence-corrected chi connectivity index (χ0v) is 13.4. The summed E-state index contributed by atoms with van der Waals surface area (Å²) in [6.45, 7) is 7.49. The monoisotopic (exact) mass is 315 g/mol. The number of aliphatic carboxylic acids is 1. The first kappa shape index (κ1) is 17.5. The summed E-state index contributed by atoms with van der Waals surface area (Å²) in [6.07, 6.45) is 2.30. The molecule has 1 unspecified atom stereocenters. The largest absolute Gasteiger partial charge is 0.481 e. The van der Waals surface area contributed by atoms with Gasteiger partial charge < -0.3 is 10.0 Å². The Morgan fingerprint density at radius 3 is 2.62 bits per heavy atom. The van der Waals surface area contributed by atoms with Gasteiger partial charge in [0.15, 0.2) is 0 Å². The fourth-order valence-electron chi connectivity index (χ4n) is 2.51. The Labute approximate surface area is 130 Å². The van der Waals surface area contributed by atoms with Gasteiger partial charge in [0.2, 0.25) is 0 Å². The predicted molar refractivity (Wildman–Crippen MR) is 80.9 cm³/mol. The van der Waals surface area contributed by atoms with Crippen LogP contribution in [-0.4, -0.2) is 44.8 Å². The van der Waals surface area contributed by atoms with Gasteiger partial charge in [-0.05, 0) is 19.3 Å². The van der Waals surface area contributed by atoms with Crippen LogP contribution in [-0.2, 0) is 11.3 Å². The van der Waals surface area contributed by atoms with Crippen LogP contribution < -0.4 is 0 Å². The molecule has 0 spiro atoms. The number of aryl methyl sites for hydroxylation is 1. The van der Waals surface area contributed by atoms with Gasteiger partial charge in [0.25, 0.3) is 5.91 Å². The molecule has 1 saturated heterocycles. The minimum Gasteiger partial charge on any atom is -0.481 e. The molecule has 118 valence electrons. The van der Waals surface area contributed by atoms with Gasteiger partial charge in [0.1, 0.15) is 0 Å². The summed E-state index contributed by atoms with van der Waals surface area (Å²) >= 11 is 0.